The molecule has 1 heterocycles. The molecule has 1 aromatic carbocycles. The zero-order chi connectivity index (χ0) is 16.3. The number of carbonyl (C=O) groups excluding carboxylic acids is 1. The molecule has 23 heavy (non-hydrogen) atoms. The van der Waals surface area contributed by atoms with Crippen LogP contribution in [0.25, 0.3) is 0 Å². The van der Waals surface area contributed by atoms with Crippen LogP contribution in [0.5, 0.6) is 0 Å². The number of hydrogen-bond donors (Lipinski definition) is 2. The van der Waals surface area contributed by atoms with Gasteiger partial charge in [-0.25, -0.2) is 0 Å². The second-order valence-corrected chi connectivity index (χ2v) is 7.98. The lowest BCUT2D eigenvalue weighted by Gasteiger charge is -2.30. The van der Waals surface area contributed by atoms with E-state index in [1.54, 1.807) is 11.8 Å². The van der Waals surface area contributed by atoms with Gasteiger partial charge in [-0.1, -0.05) is 12.1 Å². The topological polar surface area (TPSA) is 52.6 Å². The first-order valence-electron chi connectivity index (χ1n) is 8.48. The Bertz CT molecular complexity index is 554. The lowest BCUT2D eigenvalue weighted by atomic mass is 9.95. The molecule has 5 heteroatoms. The van der Waals surface area contributed by atoms with E-state index in [1.807, 2.05) is 18.2 Å². The first kappa shape index (κ1) is 16.8. The molecule has 4 nitrogen and oxygen atoms in total. The smallest absolute Gasteiger partial charge is 0.256 e. The third-order valence-electron chi connectivity index (χ3n) is 4.85. The predicted octanol–water partition coefficient (Wildman–Crippen LogP) is 2.52. The number of aliphatic hydroxyl groups is 1. The van der Waals surface area contributed by atoms with E-state index in [0.717, 1.165) is 36.2 Å². The number of nitrogens with zero attached hydrogens (tertiary/aromatic N) is 1. The molecule has 2 N–H and O–H groups in total. The molecular weight excluding hydrogens is 308 g/mol. The molecule has 2 aliphatic rings. The second-order valence-electron chi connectivity index (χ2n) is 6.76. The van der Waals surface area contributed by atoms with E-state index in [4.69, 9.17) is 0 Å². The fraction of sp³-hybridized carbons (Fsp3) is 0.611. The molecule has 126 valence electrons. The van der Waals surface area contributed by atoms with Gasteiger partial charge in [-0.15, -0.1) is 0 Å². The molecule has 3 rings (SSSR count). The molecule has 1 saturated carbocycles. The molecule has 1 amide bonds. The number of carbonyl (C=O) groups is 1. The maximum Gasteiger partial charge on any atom is 0.256 e. The summed E-state index contributed by atoms with van der Waals surface area (Å²) in [6.45, 7) is 1.04. The van der Waals surface area contributed by atoms with Crippen molar-refractivity contribution in [3.05, 3.63) is 29.8 Å². The summed E-state index contributed by atoms with van der Waals surface area (Å²) >= 11 is 1.80. The van der Waals surface area contributed by atoms with Crippen molar-refractivity contribution in [1.82, 2.24) is 4.90 Å². The Morgan fingerprint density at radius 1 is 1.39 bits per heavy atom. The number of likely N-dealkylation sites (N-methyl/N-ethyl adjacent to an activating group) is 1. The number of nitrogens with one attached hydrogen (secondary N) is 1. The summed E-state index contributed by atoms with van der Waals surface area (Å²) in [5.74, 6) is 1.43. The van der Waals surface area contributed by atoms with Crippen LogP contribution in [-0.4, -0.2) is 52.7 Å². The highest BCUT2D eigenvalue weighted by Crippen LogP contribution is 2.28. The number of amides is 1. The standard InChI is InChI=1S/C18H26N2O2S/c1-20(16-5-6-16)10-7-14-3-2-4-15(13-14)19-17(21)18(22)8-11-23-12-9-18/h2-4,13,16,22H,5-12H2,1H3,(H,19,21). The monoisotopic (exact) mass is 334 g/mol. The highest BCUT2D eigenvalue weighted by molar-refractivity contribution is 7.99. The number of benzene rings is 1. The van der Waals surface area contributed by atoms with Crippen LogP contribution in [0.3, 0.4) is 0 Å². The summed E-state index contributed by atoms with van der Waals surface area (Å²) < 4.78 is 0. The van der Waals surface area contributed by atoms with Gasteiger partial charge >= 0.3 is 0 Å². The third kappa shape index (κ3) is 4.49. The Morgan fingerprint density at radius 2 is 2.13 bits per heavy atom. The fourth-order valence-electron chi connectivity index (χ4n) is 2.99. The quantitative estimate of drug-likeness (QED) is 0.839. The molecule has 2 fully saturated rings. The van der Waals surface area contributed by atoms with E-state index in [0.29, 0.717) is 12.8 Å². The van der Waals surface area contributed by atoms with Crippen molar-refractivity contribution in [3.8, 4) is 0 Å². The van der Waals surface area contributed by atoms with Gasteiger partial charge < -0.3 is 15.3 Å². The Hall–Kier alpha value is -1.04. The molecular formula is C18H26N2O2S. The zero-order valence-corrected chi connectivity index (χ0v) is 14.6. The van der Waals surface area contributed by atoms with Gasteiger partial charge in [0.15, 0.2) is 0 Å². The van der Waals surface area contributed by atoms with Crippen LogP contribution in [0, 0.1) is 0 Å². The van der Waals surface area contributed by atoms with Crippen molar-refractivity contribution < 1.29 is 9.90 Å². The zero-order valence-electron chi connectivity index (χ0n) is 13.8. The van der Waals surface area contributed by atoms with Crippen molar-refractivity contribution in [2.45, 2.75) is 43.7 Å². The molecule has 0 aromatic heterocycles. The number of rotatable bonds is 6. The molecule has 1 saturated heterocycles. The lowest BCUT2D eigenvalue weighted by Crippen LogP contribution is -2.45. The maximum atomic E-state index is 12.4. The number of hydrogen-bond acceptors (Lipinski definition) is 4. The molecule has 0 radical (unpaired) electrons. The normalized spacial score (nSPS) is 20.5. The number of thioether (sulfide) groups is 1. The Kier molecular flexibility index (Phi) is 5.29. The van der Waals surface area contributed by atoms with Crippen molar-refractivity contribution >= 4 is 23.4 Å². The fourth-order valence-corrected chi connectivity index (χ4v) is 4.16. The van der Waals surface area contributed by atoms with E-state index in [2.05, 4.69) is 23.3 Å². The van der Waals surface area contributed by atoms with Crippen molar-refractivity contribution in [1.29, 1.82) is 0 Å². The first-order valence-corrected chi connectivity index (χ1v) is 9.63. The molecule has 0 bridgehead atoms. The average molecular weight is 334 g/mol. The van der Waals surface area contributed by atoms with Gasteiger partial charge in [0.1, 0.15) is 5.60 Å². The summed E-state index contributed by atoms with van der Waals surface area (Å²) in [5.41, 5.74) is 0.808. The van der Waals surface area contributed by atoms with E-state index in [9.17, 15) is 9.90 Å². The summed E-state index contributed by atoms with van der Waals surface area (Å²) in [7, 11) is 2.18. The summed E-state index contributed by atoms with van der Waals surface area (Å²) in [6, 6.07) is 8.77. The second kappa shape index (κ2) is 7.24. The van der Waals surface area contributed by atoms with E-state index < -0.39 is 5.60 Å². The van der Waals surface area contributed by atoms with Crippen LogP contribution in [0.4, 0.5) is 5.69 Å². The van der Waals surface area contributed by atoms with Crippen LogP contribution in [0.2, 0.25) is 0 Å². The molecule has 0 atom stereocenters. The minimum Gasteiger partial charge on any atom is -0.380 e. The molecule has 0 spiro atoms. The van der Waals surface area contributed by atoms with Gasteiger partial charge in [-0.3, -0.25) is 4.79 Å². The first-order chi connectivity index (χ1) is 11.1. The van der Waals surface area contributed by atoms with Crippen molar-refractivity contribution in [3.63, 3.8) is 0 Å². The summed E-state index contributed by atoms with van der Waals surface area (Å²) in [4.78, 5) is 14.8. The van der Waals surface area contributed by atoms with Crippen LogP contribution in [0.1, 0.15) is 31.2 Å². The molecule has 1 aliphatic carbocycles. The summed E-state index contributed by atoms with van der Waals surface area (Å²) in [6.07, 6.45) is 4.70. The van der Waals surface area contributed by atoms with E-state index >= 15 is 0 Å². The minimum absolute atomic E-state index is 0.259. The van der Waals surface area contributed by atoms with Gasteiger partial charge in [0.05, 0.1) is 0 Å². The largest absolute Gasteiger partial charge is 0.380 e. The van der Waals surface area contributed by atoms with Gasteiger partial charge in [-0.05, 0) is 68.4 Å². The Morgan fingerprint density at radius 3 is 2.83 bits per heavy atom. The molecule has 0 unspecified atom stereocenters. The van der Waals surface area contributed by atoms with Crippen molar-refractivity contribution in [2.24, 2.45) is 0 Å². The highest BCUT2D eigenvalue weighted by Gasteiger charge is 2.37. The van der Waals surface area contributed by atoms with Crippen LogP contribution < -0.4 is 5.32 Å². The highest BCUT2D eigenvalue weighted by atomic mass is 32.2. The maximum absolute atomic E-state index is 12.4. The predicted molar refractivity (Wildman–Crippen MR) is 95.9 cm³/mol. The van der Waals surface area contributed by atoms with E-state index in [1.165, 1.54) is 18.4 Å². The SMILES string of the molecule is CN(CCc1cccc(NC(=O)C2(O)CCSCC2)c1)C1CC1. The van der Waals surface area contributed by atoms with Gasteiger partial charge in [0.2, 0.25) is 0 Å². The molecule has 1 aromatic rings. The Labute approximate surface area is 142 Å². The molecule has 1 aliphatic heterocycles. The van der Waals surface area contributed by atoms with Gasteiger partial charge in [-0.2, -0.15) is 11.8 Å². The summed E-state index contributed by atoms with van der Waals surface area (Å²) in [5, 5.41) is 13.4. The minimum atomic E-state index is -1.20. The van der Waals surface area contributed by atoms with Crippen molar-refractivity contribution in [2.75, 3.05) is 30.4 Å². The van der Waals surface area contributed by atoms with Gasteiger partial charge in [0.25, 0.3) is 5.91 Å². The van der Waals surface area contributed by atoms with E-state index in [-0.39, 0.29) is 5.91 Å². The van der Waals surface area contributed by atoms with Gasteiger partial charge in [0, 0.05) is 18.3 Å². The van der Waals surface area contributed by atoms with Crippen LogP contribution in [0.15, 0.2) is 24.3 Å². The lowest BCUT2D eigenvalue weighted by molar-refractivity contribution is -0.134. The average Bonchev–Trinajstić information content (AvgIpc) is 3.38. The number of anilines is 1. The van der Waals surface area contributed by atoms with Crippen LogP contribution in [-0.2, 0) is 11.2 Å². The third-order valence-corrected chi connectivity index (χ3v) is 5.84. The van der Waals surface area contributed by atoms with Crippen LogP contribution >= 0.6 is 11.8 Å². The Balaban J connectivity index is 1.57.